The molecule has 6 nitrogen and oxygen atoms in total. The molecule has 1 aromatic carbocycles. The van der Waals surface area contributed by atoms with Crippen LogP contribution in [0.4, 0.5) is 0 Å². The summed E-state index contributed by atoms with van der Waals surface area (Å²) < 4.78 is 5.87. The molecule has 0 radical (unpaired) electrons. The molecule has 2 aromatic rings. The van der Waals surface area contributed by atoms with E-state index < -0.39 is 17.7 Å². The van der Waals surface area contributed by atoms with Crippen LogP contribution in [0.15, 0.2) is 41.8 Å². The van der Waals surface area contributed by atoms with Crippen LogP contribution in [0.2, 0.25) is 5.02 Å². The molecular formula is C19H23ClN4O2. The zero-order chi connectivity index (χ0) is 18.7. The molecule has 1 aliphatic rings. The van der Waals surface area contributed by atoms with Crippen molar-refractivity contribution < 1.29 is 9.53 Å². The quantitative estimate of drug-likeness (QED) is 0.812. The Balaban J connectivity index is 2.05. The van der Waals surface area contributed by atoms with Gasteiger partial charge in [0.05, 0.1) is 18.1 Å². The van der Waals surface area contributed by atoms with Gasteiger partial charge in [-0.15, -0.1) is 0 Å². The summed E-state index contributed by atoms with van der Waals surface area (Å²) in [6, 6.07) is 6.83. The fourth-order valence-electron chi connectivity index (χ4n) is 3.32. The largest absolute Gasteiger partial charge is 0.468 e. The smallest absolute Gasteiger partial charge is 0.205 e. The number of nitrogens with one attached hydrogen (secondary N) is 1. The van der Waals surface area contributed by atoms with Gasteiger partial charge < -0.3 is 15.5 Å². The molecule has 0 fully saturated rings. The van der Waals surface area contributed by atoms with E-state index in [-0.39, 0.29) is 5.78 Å². The summed E-state index contributed by atoms with van der Waals surface area (Å²) in [6.45, 7) is 3.84. The van der Waals surface area contributed by atoms with Gasteiger partial charge in [0.25, 0.3) is 0 Å². The fraction of sp³-hybridized carbons (Fsp3) is 0.421. The van der Waals surface area contributed by atoms with Crippen molar-refractivity contribution in [1.82, 2.24) is 9.97 Å². The number of carbonyl (C=O) groups is 1. The number of carbonyl (C=O) groups excluding carboxylic acids is 1. The summed E-state index contributed by atoms with van der Waals surface area (Å²) in [5.41, 5.74) is 6.77. The van der Waals surface area contributed by atoms with Crippen molar-refractivity contribution in [3.05, 3.63) is 53.1 Å². The maximum absolute atomic E-state index is 13.2. The zero-order valence-electron chi connectivity index (χ0n) is 14.9. The van der Waals surface area contributed by atoms with Crippen LogP contribution < -0.4 is 5.73 Å². The van der Waals surface area contributed by atoms with Gasteiger partial charge >= 0.3 is 0 Å². The first-order chi connectivity index (χ1) is 12.5. The van der Waals surface area contributed by atoms with Gasteiger partial charge in [0.15, 0.2) is 11.6 Å². The fourth-order valence-corrected chi connectivity index (χ4v) is 3.61. The van der Waals surface area contributed by atoms with E-state index in [4.69, 9.17) is 27.1 Å². The molecule has 3 N–H and O–H groups in total. The predicted octanol–water partition coefficient (Wildman–Crippen LogP) is 3.01. The average Bonchev–Trinajstić information content (AvgIpc) is 3.15. The number of ether oxygens (including phenoxy) is 1. The first kappa shape index (κ1) is 18.6. The standard InChI is InChI=1S/C19H23ClN4O2/c1-3-16-17(25)19(4-2,13-7-5-6-8-14(13)20)24-18(26-16)15(21)9-12-10-22-11-23-12/h5-8,10-11,15-16H,3-4,9,21H2,1-2H3,(H,22,23)/t15-,16?,19?/m0/s1. The van der Waals surface area contributed by atoms with Crippen LogP contribution in [0.5, 0.6) is 0 Å². The monoisotopic (exact) mass is 374 g/mol. The Labute approximate surface area is 157 Å². The van der Waals surface area contributed by atoms with E-state index >= 15 is 0 Å². The number of aliphatic imine (C=N–C) groups is 1. The summed E-state index contributed by atoms with van der Waals surface area (Å²) >= 11 is 6.42. The van der Waals surface area contributed by atoms with Gasteiger partial charge in [-0.2, -0.15) is 0 Å². The van der Waals surface area contributed by atoms with Gasteiger partial charge in [-0.05, 0) is 18.9 Å². The number of benzene rings is 1. The predicted molar refractivity (Wildman–Crippen MR) is 101 cm³/mol. The number of aromatic nitrogens is 2. The minimum Gasteiger partial charge on any atom is -0.468 e. The lowest BCUT2D eigenvalue weighted by atomic mass is 9.80. The molecule has 0 bridgehead atoms. The van der Waals surface area contributed by atoms with Crippen molar-refractivity contribution in [2.75, 3.05) is 0 Å². The second-order valence-electron chi connectivity index (χ2n) is 6.39. The molecule has 1 aliphatic heterocycles. The van der Waals surface area contributed by atoms with E-state index in [1.807, 2.05) is 32.0 Å². The van der Waals surface area contributed by atoms with Crippen molar-refractivity contribution >= 4 is 23.3 Å². The van der Waals surface area contributed by atoms with E-state index in [1.54, 1.807) is 18.6 Å². The van der Waals surface area contributed by atoms with E-state index in [0.717, 1.165) is 5.69 Å². The van der Waals surface area contributed by atoms with Crippen LogP contribution in [0.1, 0.15) is 37.9 Å². The Kier molecular flexibility index (Phi) is 5.44. The first-order valence-electron chi connectivity index (χ1n) is 8.80. The van der Waals surface area contributed by atoms with Gasteiger partial charge in [-0.1, -0.05) is 43.6 Å². The van der Waals surface area contributed by atoms with Crippen molar-refractivity contribution in [2.24, 2.45) is 10.7 Å². The van der Waals surface area contributed by atoms with Gasteiger partial charge in [-0.25, -0.2) is 9.98 Å². The number of imidazole rings is 1. The Hall–Kier alpha value is -2.18. The SMILES string of the molecule is CCC1OC([C@@H](N)Cc2c[nH]cn2)=NC(CC)(c2ccccc2Cl)C1=O. The summed E-state index contributed by atoms with van der Waals surface area (Å²) in [6.07, 6.45) is 4.28. The van der Waals surface area contributed by atoms with E-state index in [2.05, 4.69) is 9.97 Å². The van der Waals surface area contributed by atoms with Crippen molar-refractivity contribution in [1.29, 1.82) is 0 Å². The zero-order valence-corrected chi connectivity index (χ0v) is 15.7. The molecule has 26 heavy (non-hydrogen) atoms. The number of halogens is 1. The highest BCUT2D eigenvalue weighted by Gasteiger charge is 2.48. The molecule has 3 atom stereocenters. The second kappa shape index (κ2) is 7.60. The lowest BCUT2D eigenvalue weighted by molar-refractivity contribution is -0.134. The summed E-state index contributed by atoms with van der Waals surface area (Å²) in [5.74, 6) is 0.299. The number of hydrogen-bond donors (Lipinski definition) is 2. The highest BCUT2D eigenvalue weighted by molar-refractivity contribution is 6.32. The molecule has 0 aliphatic carbocycles. The molecule has 0 saturated heterocycles. The normalized spacial score (nSPS) is 24.1. The molecule has 0 spiro atoms. The van der Waals surface area contributed by atoms with Crippen LogP contribution >= 0.6 is 11.6 Å². The van der Waals surface area contributed by atoms with Crippen LogP contribution in [0.25, 0.3) is 0 Å². The summed E-state index contributed by atoms with van der Waals surface area (Å²) in [7, 11) is 0. The van der Waals surface area contributed by atoms with Gasteiger partial charge in [0.2, 0.25) is 11.7 Å². The van der Waals surface area contributed by atoms with Crippen molar-refractivity contribution in [3.8, 4) is 0 Å². The van der Waals surface area contributed by atoms with Crippen molar-refractivity contribution in [3.63, 3.8) is 0 Å². The van der Waals surface area contributed by atoms with E-state index in [9.17, 15) is 4.79 Å². The minimum absolute atomic E-state index is 0.0775. The number of aromatic amines is 1. The summed E-state index contributed by atoms with van der Waals surface area (Å²) in [5, 5.41) is 0.517. The molecule has 2 heterocycles. The number of rotatable bonds is 6. The molecular weight excluding hydrogens is 352 g/mol. The Bertz CT molecular complexity index is 806. The van der Waals surface area contributed by atoms with E-state index in [1.165, 1.54) is 0 Å². The number of Topliss-reactive ketones (excluding diaryl/α,β-unsaturated/α-hetero) is 1. The maximum atomic E-state index is 13.2. The average molecular weight is 375 g/mol. The highest BCUT2D eigenvalue weighted by atomic mass is 35.5. The van der Waals surface area contributed by atoms with Gasteiger partial charge in [-0.3, -0.25) is 4.79 Å². The number of H-pyrrole nitrogens is 1. The van der Waals surface area contributed by atoms with Crippen LogP contribution in [-0.4, -0.2) is 33.8 Å². The molecule has 1 aromatic heterocycles. The van der Waals surface area contributed by atoms with Crippen LogP contribution in [0.3, 0.4) is 0 Å². The van der Waals surface area contributed by atoms with Crippen LogP contribution in [-0.2, 0) is 21.5 Å². The Morgan fingerprint density at radius 3 is 2.77 bits per heavy atom. The maximum Gasteiger partial charge on any atom is 0.205 e. The number of nitrogens with zero attached hydrogens (tertiary/aromatic N) is 2. The third-order valence-electron chi connectivity index (χ3n) is 4.77. The number of ketones is 1. The second-order valence-corrected chi connectivity index (χ2v) is 6.80. The number of nitrogens with two attached hydrogens (primary N) is 1. The third kappa shape index (κ3) is 3.27. The lowest BCUT2D eigenvalue weighted by Crippen LogP contribution is -2.51. The molecule has 2 unspecified atom stereocenters. The van der Waals surface area contributed by atoms with Gasteiger partial charge in [0, 0.05) is 23.2 Å². The lowest BCUT2D eigenvalue weighted by Gasteiger charge is -2.38. The Morgan fingerprint density at radius 1 is 1.38 bits per heavy atom. The number of hydrogen-bond acceptors (Lipinski definition) is 5. The third-order valence-corrected chi connectivity index (χ3v) is 5.10. The molecule has 0 amide bonds. The molecule has 138 valence electrons. The first-order valence-corrected chi connectivity index (χ1v) is 9.18. The highest BCUT2D eigenvalue weighted by Crippen LogP contribution is 2.40. The molecule has 7 heteroatoms. The topological polar surface area (TPSA) is 93.4 Å². The van der Waals surface area contributed by atoms with E-state index in [0.29, 0.717) is 35.7 Å². The van der Waals surface area contributed by atoms with Crippen molar-refractivity contribution in [2.45, 2.75) is 50.8 Å². The molecule has 3 rings (SSSR count). The Morgan fingerprint density at radius 2 is 2.15 bits per heavy atom. The van der Waals surface area contributed by atoms with Gasteiger partial charge in [0.1, 0.15) is 0 Å². The minimum atomic E-state index is -1.07. The summed E-state index contributed by atoms with van der Waals surface area (Å²) in [4.78, 5) is 25.0. The molecule has 0 saturated carbocycles. The van der Waals surface area contributed by atoms with Crippen LogP contribution in [0, 0.1) is 0 Å².